The number of nitrogens with one attached hydrogen (secondary N) is 2. The van der Waals surface area contributed by atoms with E-state index >= 15 is 0 Å². The maximum atomic E-state index is 4.26. The van der Waals surface area contributed by atoms with E-state index < -0.39 is 0 Å². The summed E-state index contributed by atoms with van der Waals surface area (Å²) in [7, 11) is 0. The molecule has 2 N–H and O–H groups in total. The van der Waals surface area contributed by atoms with E-state index in [2.05, 4.69) is 28.6 Å². The highest BCUT2D eigenvalue weighted by molar-refractivity contribution is 5.17. The second kappa shape index (κ2) is 5.24. The van der Waals surface area contributed by atoms with Crippen molar-refractivity contribution in [1.29, 1.82) is 0 Å². The molecule has 0 aromatic carbocycles. The summed E-state index contributed by atoms with van der Waals surface area (Å²) in [6.07, 6.45) is 4.57. The van der Waals surface area contributed by atoms with Crippen LogP contribution >= 0.6 is 0 Å². The number of hydrogen-bond donors (Lipinski definition) is 2. The van der Waals surface area contributed by atoms with E-state index in [1.807, 2.05) is 12.3 Å². The molecule has 0 radical (unpaired) electrons. The van der Waals surface area contributed by atoms with E-state index in [0.29, 0.717) is 0 Å². The predicted molar refractivity (Wildman–Crippen MR) is 61.7 cm³/mol. The van der Waals surface area contributed by atoms with Gasteiger partial charge < -0.3 is 10.6 Å². The van der Waals surface area contributed by atoms with Gasteiger partial charge in [0.15, 0.2) is 0 Å². The van der Waals surface area contributed by atoms with Gasteiger partial charge in [0.1, 0.15) is 0 Å². The van der Waals surface area contributed by atoms with E-state index in [4.69, 9.17) is 0 Å². The van der Waals surface area contributed by atoms with Crippen LogP contribution in [0.1, 0.15) is 24.1 Å². The van der Waals surface area contributed by atoms with Crippen molar-refractivity contribution in [2.75, 3.05) is 13.1 Å². The third kappa shape index (κ3) is 3.61. The van der Waals surface area contributed by atoms with E-state index in [1.165, 1.54) is 18.4 Å². The van der Waals surface area contributed by atoms with Gasteiger partial charge in [-0.3, -0.25) is 4.98 Å². The molecule has 0 spiro atoms. The van der Waals surface area contributed by atoms with Crippen molar-refractivity contribution in [3.63, 3.8) is 0 Å². The molecule has 1 saturated carbocycles. The third-order valence-electron chi connectivity index (χ3n) is 2.74. The van der Waals surface area contributed by atoms with Gasteiger partial charge >= 0.3 is 0 Å². The molecule has 1 aromatic rings. The predicted octanol–water partition coefficient (Wildman–Crippen LogP) is 1.23. The van der Waals surface area contributed by atoms with Crippen LogP contribution in [0.3, 0.4) is 0 Å². The van der Waals surface area contributed by atoms with Crippen LogP contribution in [0.4, 0.5) is 0 Å². The molecule has 3 heteroatoms. The van der Waals surface area contributed by atoms with Crippen LogP contribution in [0.25, 0.3) is 0 Å². The Morgan fingerprint density at radius 3 is 3.00 bits per heavy atom. The van der Waals surface area contributed by atoms with Gasteiger partial charge in [-0.15, -0.1) is 0 Å². The van der Waals surface area contributed by atoms with E-state index in [0.717, 1.165) is 31.4 Å². The molecule has 1 aliphatic carbocycles. The second-order valence-electron chi connectivity index (χ2n) is 4.15. The van der Waals surface area contributed by atoms with Crippen LogP contribution in [-0.4, -0.2) is 24.1 Å². The van der Waals surface area contributed by atoms with Gasteiger partial charge in [0.2, 0.25) is 0 Å². The molecular weight excluding hydrogens is 186 g/mol. The van der Waals surface area contributed by atoms with Crippen LogP contribution < -0.4 is 10.6 Å². The lowest BCUT2D eigenvalue weighted by Crippen LogP contribution is -2.28. The number of aromatic nitrogens is 1. The summed E-state index contributed by atoms with van der Waals surface area (Å²) in [6.45, 7) is 5.08. The zero-order valence-electron chi connectivity index (χ0n) is 9.29. The Kier molecular flexibility index (Phi) is 3.69. The molecular formula is C12H19N3. The summed E-state index contributed by atoms with van der Waals surface area (Å²) in [6, 6.07) is 4.93. The number of pyridine rings is 1. The third-order valence-corrected chi connectivity index (χ3v) is 2.74. The van der Waals surface area contributed by atoms with Gasteiger partial charge in [0.25, 0.3) is 0 Å². The van der Waals surface area contributed by atoms with Crippen molar-refractivity contribution in [2.24, 2.45) is 0 Å². The molecule has 82 valence electrons. The van der Waals surface area contributed by atoms with Crippen molar-refractivity contribution in [1.82, 2.24) is 15.6 Å². The summed E-state index contributed by atoms with van der Waals surface area (Å²) in [4.78, 5) is 4.26. The van der Waals surface area contributed by atoms with E-state index in [1.54, 1.807) is 0 Å². The van der Waals surface area contributed by atoms with Crippen molar-refractivity contribution >= 4 is 0 Å². The number of nitrogens with zero attached hydrogens (tertiary/aromatic N) is 1. The fourth-order valence-corrected chi connectivity index (χ4v) is 1.58. The van der Waals surface area contributed by atoms with Crippen molar-refractivity contribution in [2.45, 2.75) is 32.4 Å². The maximum absolute atomic E-state index is 4.26. The van der Waals surface area contributed by atoms with Gasteiger partial charge in [-0.1, -0.05) is 6.07 Å². The average molecular weight is 205 g/mol. The van der Waals surface area contributed by atoms with Crippen LogP contribution in [-0.2, 0) is 6.54 Å². The first-order valence-corrected chi connectivity index (χ1v) is 5.71. The highest BCUT2D eigenvalue weighted by Gasteiger charge is 2.19. The second-order valence-corrected chi connectivity index (χ2v) is 4.15. The molecule has 0 unspecified atom stereocenters. The minimum absolute atomic E-state index is 0.812. The van der Waals surface area contributed by atoms with Gasteiger partial charge in [-0.2, -0.15) is 0 Å². The van der Waals surface area contributed by atoms with Crippen LogP contribution in [0, 0.1) is 6.92 Å². The largest absolute Gasteiger partial charge is 0.313 e. The number of aryl methyl sites for hydroxylation is 1. The standard InChI is InChI=1S/C12H19N3/c1-10-11(3-2-6-14-10)9-13-7-8-15-12-4-5-12/h2-3,6,12-13,15H,4-5,7-9H2,1H3. The summed E-state index contributed by atoms with van der Waals surface area (Å²) in [5, 5.41) is 6.90. The first-order chi connectivity index (χ1) is 7.36. The highest BCUT2D eigenvalue weighted by atomic mass is 15.0. The van der Waals surface area contributed by atoms with Gasteiger partial charge in [0, 0.05) is 37.6 Å². The zero-order valence-corrected chi connectivity index (χ0v) is 9.29. The molecule has 15 heavy (non-hydrogen) atoms. The fraction of sp³-hybridized carbons (Fsp3) is 0.583. The molecule has 0 bridgehead atoms. The minimum Gasteiger partial charge on any atom is -0.313 e. The Bertz CT molecular complexity index is 307. The van der Waals surface area contributed by atoms with Gasteiger partial charge in [-0.05, 0) is 31.4 Å². The molecule has 2 rings (SSSR count). The molecule has 0 amide bonds. The minimum atomic E-state index is 0.812. The topological polar surface area (TPSA) is 37.0 Å². The van der Waals surface area contributed by atoms with Gasteiger partial charge in [0.05, 0.1) is 0 Å². The highest BCUT2D eigenvalue weighted by Crippen LogP contribution is 2.17. The molecule has 0 atom stereocenters. The Morgan fingerprint density at radius 2 is 2.27 bits per heavy atom. The van der Waals surface area contributed by atoms with Crippen molar-refractivity contribution < 1.29 is 0 Å². The van der Waals surface area contributed by atoms with E-state index in [9.17, 15) is 0 Å². The van der Waals surface area contributed by atoms with Crippen molar-refractivity contribution in [3.8, 4) is 0 Å². The molecule has 3 nitrogen and oxygen atoms in total. The summed E-state index contributed by atoms with van der Waals surface area (Å²) < 4.78 is 0. The van der Waals surface area contributed by atoms with E-state index in [-0.39, 0.29) is 0 Å². The molecule has 1 aliphatic rings. The summed E-state index contributed by atoms with van der Waals surface area (Å²) in [5.74, 6) is 0. The molecule has 0 aliphatic heterocycles. The lowest BCUT2D eigenvalue weighted by molar-refractivity contribution is 0.607. The Morgan fingerprint density at radius 1 is 1.40 bits per heavy atom. The monoisotopic (exact) mass is 205 g/mol. The lowest BCUT2D eigenvalue weighted by Gasteiger charge is -2.07. The molecule has 1 heterocycles. The quantitative estimate of drug-likeness (QED) is 0.686. The molecule has 0 saturated heterocycles. The Balaban J connectivity index is 1.62. The van der Waals surface area contributed by atoms with Gasteiger partial charge in [-0.25, -0.2) is 0 Å². The SMILES string of the molecule is Cc1ncccc1CNCCNC1CC1. The summed E-state index contributed by atoms with van der Waals surface area (Å²) >= 11 is 0. The normalized spacial score (nSPS) is 15.5. The molecule has 1 aromatic heterocycles. The summed E-state index contributed by atoms with van der Waals surface area (Å²) in [5.41, 5.74) is 2.42. The fourth-order valence-electron chi connectivity index (χ4n) is 1.58. The molecule has 1 fully saturated rings. The smallest absolute Gasteiger partial charge is 0.0417 e. The Labute approximate surface area is 91.3 Å². The number of hydrogen-bond acceptors (Lipinski definition) is 3. The first kappa shape index (κ1) is 10.6. The van der Waals surface area contributed by atoms with Crippen LogP contribution in [0.15, 0.2) is 18.3 Å². The first-order valence-electron chi connectivity index (χ1n) is 5.71. The Hall–Kier alpha value is -0.930. The average Bonchev–Trinajstić information content (AvgIpc) is 3.04. The van der Waals surface area contributed by atoms with Crippen LogP contribution in [0.2, 0.25) is 0 Å². The van der Waals surface area contributed by atoms with Crippen molar-refractivity contribution in [3.05, 3.63) is 29.6 Å². The maximum Gasteiger partial charge on any atom is 0.0417 e. The van der Waals surface area contributed by atoms with Crippen LogP contribution in [0.5, 0.6) is 0 Å². The number of rotatable bonds is 6. The zero-order chi connectivity index (χ0) is 10.5. The lowest BCUT2D eigenvalue weighted by atomic mass is 10.2.